The molecule has 0 fully saturated rings. The van der Waals surface area contributed by atoms with Gasteiger partial charge in [-0.05, 0) is 35.7 Å². The normalized spacial score (nSPS) is 15.2. The third-order valence-corrected chi connectivity index (χ3v) is 8.77. The molecule has 4 aromatic rings. The largest absolute Gasteiger partial charge is 0.338 e. The molecule has 5 nitrogen and oxygen atoms in total. The van der Waals surface area contributed by atoms with Gasteiger partial charge in [-0.25, -0.2) is 0 Å². The second-order valence-corrected chi connectivity index (χ2v) is 11.8. The topological polar surface area (TPSA) is 61.5 Å². The fourth-order valence-corrected chi connectivity index (χ4v) is 6.92. The maximum absolute atomic E-state index is 11.3. The van der Waals surface area contributed by atoms with Gasteiger partial charge < -0.3 is 4.90 Å². The quantitative estimate of drug-likeness (QED) is 0.275. The predicted octanol–water partition coefficient (Wildman–Crippen LogP) is 5.81. The first-order valence-corrected chi connectivity index (χ1v) is 13.6. The maximum atomic E-state index is 11.3. The van der Waals surface area contributed by atoms with Gasteiger partial charge in [0.1, 0.15) is 4.70 Å². The van der Waals surface area contributed by atoms with E-state index in [2.05, 4.69) is 39.8 Å². The molecule has 2 heterocycles. The summed E-state index contributed by atoms with van der Waals surface area (Å²) in [5, 5.41) is 5.06. The molecular formula is C23H20ClN2O3S3+. The van der Waals surface area contributed by atoms with E-state index >= 15 is 0 Å². The van der Waals surface area contributed by atoms with Gasteiger partial charge in [0, 0.05) is 23.4 Å². The Bertz CT molecular complexity index is 1500. The highest BCUT2D eigenvalue weighted by molar-refractivity contribution is 8.03. The molecule has 0 radical (unpaired) electrons. The van der Waals surface area contributed by atoms with Crippen LogP contribution in [0.1, 0.15) is 11.4 Å². The molecule has 164 valence electrons. The van der Waals surface area contributed by atoms with Crippen LogP contribution in [0.15, 0.2) is 64.5 Å². The van der Waals surface area contributed by atoms with Crippen LogP contribution in [0.2, 0.25) is 5.02 Å². The Morgan fingerprint density at radius 2 is 1.97 bits per heavy atom. The molecule has 1 aromatic heterocycles. The van der Waals surface area contributed by atoms with Crippen LogP contribution in [0.5, 0.6) is 0 Å². The van der Waals surface area contributed by atoms with Crippen molar-refractivity contribution < 1.29 is 17.5 Å². The second-order valence-electron chi connectivity index (χ2n) is 7.62. The molecule has 0 unspecified atom stereocenters. The Morgan fingerprint density at radius 3 is 2.78 bits per heavy atom. The summed E-state index contributed by atoms with van der Waals surface area (Å²) < 4.78 is 35.1. The van der Waals surface area contributed by atoms with E-state index in [4.69, 9.17) is 11.6 Å². The summed E-state index contributed by atoms with van der Waals surface area (Å²) in [5.41, 5.74) is 2.15. The van der Waals surface area contributed by atoms with Gasteiger partial charge in [-0.2, -0.15) is 13.0 Å². The summed E-state index contributed by atoms with van der Waals surface area (Å²) in [5.74, 6) is -0.267. The highest BCUT2D eigenvalue weighted by Crippen LogP contribution is 2.47. The first-order valence-electron chi connectivity index (χ1n) is 10.0. The van der Waals surface area contributed by atoms with Crippen LogP contribution in [0, 0.1) is 0 Å². The third kappa shape index (κ3) is 4.13. The monoisotopic (exact) mass is 503 g/mol. The van der Waals surface area contributed by atoms with Gasteiger partial charge >= 0.3 is 0 Å². The minimum Gasteiger partial charge on any atom is -0.338 e. The molecule has 0 spiro atoms. The number of anilines is 1. The maximum Gasteiger partial charge on any atom is 0.265 e. The molecular weight excluding hydrogens is 484 g/mol. The van der Waals surface area contributed by atoms with Crippen LogP contribution < -0.4 is 9.47 Å². The number of thiazole rings is 1. The molecule has 9 heteroatoms. The fraction of sp³-hybridized carbons (Fsp3) is 0.174. The lowest BCUT2D eigenvalue weighted by Gasteiger charge is -2.12. The van der Waals surface area contributed by atoms with E-state index in [0.29, 0.717) is 18.0 Å². The number of aromatic nitrogens is 1. The van der Waals surface area contributed by atoms with Crippen LogP contribution in [0.3, 0.4) is 0 Å². The zero-order valence-corrected chi connectivity index (χ0v) is 20.4. The number of halogens is 1. The first kappa shape index (κ1) is 21.7. The van der Waals surface area contributed by atoms with E-state index in [1.807, 2.05) is 37.4 Å². The molecule has 32 heavy (non-hydrogen) atoms. The number of rotatable bonds is 5. The molecule has 5 rings (SSSR count). The predicted molar refractivity (Wildman–Crippen MR) is 134 cm³/mol. The fourth-order valence-electron chi connectivity index (χ4n) is 3.98. The molecule has 0 aliphatic carbocycles. The molecule has 0 amide bonds. The van der Waals surface area contributed by atoms with Gasteiger partial charge in [0.15, 0.2) is 6.54 Å². The minimum atomic E-state index is -4.01. The van der Waals surface area contributed by atoms with Gasteiger partial charge in [-0.15, -0.1) is 0 Å². The lowest BCUT2D eigenvalue weighted by Crippen LogP contribution is -2.36. The van der Waals surface area contributed by atoms with E-state index in [0.717, 1.165) is 41.6 Å². The Hall–Kier alpha value is -2.10. The van der Waals surface area contributed by atoms with Gasteiger partial charge in [0.05, 0.1) is 27.9 Å². The molecule has 1 aliphatic heterocycles. The zero-order valence-electron chi connectivity index (χ0n) is 17.2. The van der Waals surface area contributed by atoms with Crippen LogP contribution >= 0.6 is 34.7 Å². The summed E-state index contributed by atoms with van der Waals surface area (Å²) in [4.78, 5) is 3.27. The van der Waals surface area contributed by atoms with Gasteiger partial charge in [0.2, 0.25) is 5.52 Å². The number of aryl methyl sites for hydroxylation is 1. The molecule has 3 aromatic carbocycles. The average Bonchev–Trinajstić information content (AvgIpc) is 3.25. The van der Waals surface area contributed by atoms with Crippen molar-refractivity contribution in [2.45, 2.75) is 17.9 Å². The number of hydrogen-bond donors (Lipinski definition) is 1. The number of nitrogens with zero attached hydrogens (tertiary/aromatic N) is 2. The van der Waals surface area contributed by atoms with Gasteiger partial charge in [-0.1, -0.05) is 59.0 Å². The van der Waals surface area contributed by atoms with Crippen molar-refractivity contribution in [3.63, 3.8) is 0 Å². The van der Waals surface area contributed by atoms with Crippen molar-refractivity contribution in [1.29, 1.82) is 0 Å². The Morgan fingerprint density at radius 1 is 1.16 bits per heavy atom. The number of thioether (sulfide) groups is 1. The van der Waals surface area contributed by atoms with Crippen molar-refractivity contribution >= 4 is 77.6 Å². The Balaban J connectivity index is 1.63. The highest BCUT2D eigenvalue weighted by atomic mass is 35.5. The van der Waals surface area contributed by atoms with E-state index in [9.17, 15) is 13.0 Å². The summed E-state index contributed by atoms with van der Waals surface area (Å²) in [6.45, 7) is 0.486. The minimum absolute atomic E-state index is 0.267. The van der Waals surface area contributed by atoms with E-state index in [1.54, 1.807) is 23.1 Å². The highest BCUT2D eigenvalue weighted by Gasteiger charge is 2.27. The SMILES string of the molecule is CN1/C(=C/c2sc3ccc4ccccc4c3[n+]2CCCS(=O)(=O)O)Sc2ccc(Cl)cc21. The Kier molecular flexibility index (Phi) is 5.67. The van der Waals surface area contributed by atoms with E-state index in [1.165, 1.54) is 0 Å². The van der Waals surface area contributed by atoms with Crippen molar-refractivity contribution in [2.75, 3.05) is 17.7 Å². The van der Waals surface area contributed by atoms with Crippen molar-refractivity contribution in [1.82, 2.24) is 0 Å². The summed E-state index contributed by atoms with van der Waals surface area (Å²) in [6, 6.07) is 18.3. The molecule has 0 saturated carbocycles. The van der Waals surface area contributed by atoms with Crippen molar-refractivity contribution in [2.24, 2.45) is 0 Å². The number of benzene rings is 3. The number of hydrogen-bond acceptors (Lipinski definition) is 5. The lowest BCUT2D eigenvalue weighted by atomic mass is 10.1. The molecule has 0 bridgehead atoms. The van der Waals surface area contributed by atoms with Gasteiger partial charge in [-0.3, -0.25) is 4.55 Å². The second kappa shape index (κ2) is 8.35. The van der Waals surface area contributed by atoms with Crippen molar-refractivity contribution in [3.05, 3.63) is 69.7 Å². The van der Waals surface area contributed by atoms with Crippen LogP contribution in [-0.4, -0.2) is 25.8 Å². The van der Waals surface area contributed by atoms with Gasteiger partial charge in [0.25, 0.3) is 15.1 Å². The third-order valence-electron chi connectivity index (χ3n) is 5.47. The van der Waals surface area contributed by atoms with Crippen LogP contribution in [0.4, 0.5) is 5.69 Å². The zero-order chi connectivity index (χ0) is 22.5. The van der Waals surface area contributed by atoms with E-state index in [-0.39, 0.29) is 5.75 Å². The lowest BCUT2D eigenvalue weighted by molar-refractivity contribution is -0.667. The first-order chi connectivity index (χ1) is 15.3. The van der Waals surface area contributed by atoms with Crippen LogP contribution in [-0.2, 0) is 16.7 Å². The molecule has 0 saturated heterocycles. The van der Waals surface area contributed by atoms with Crippen molar-refractivity contribution in [3.8, 4) is 0 Å². The molecule has 0 atom stereocenters. The summed E-state index contributed by atoms with van der Waals surface area (Å²) >= 11 is 9.56. The van der Waals surface area contributed by atoms with E-state index < -0.39 is 10.1 Å². The summed E-state index contributed by atoms with van der Waals surface area (Å²) in [7, 11) is -1.99. The average molecular weight is 504 g/mol. The molecule has 1 aliphatic rings. The summed E-state index contributed by atoms with van der Waals surface area (Å²) in [6.07, 6.45) is 2.47. The smallest absolute Gasteiger partial charge is 0.265 e. The standard InChI is InChI=1S/C23H19ClN2O3S3/c1-25-18-13-16(24)8-10-19(18)30-21(25)14-22-26(11-4-12-32(27,28)29)23-17-6-3-2-5-15(17)7-9-20(23)31-22/h2-3,5-10,13-14H,4,11-12H2,1H3/p+1. The molecule has 1 N–H and O–H groups in total. The van der Waals surface area contributed by atoms with Crippen LogP contribution in [0.25, 0.3) is 27.1 Å². The number of fused-ring (bicyclic) bond motifs is 4. The Labute approximate surface area is 199 Å².